The molecule has 0 heterocycles. The molecule has 0 bridgehead atoms. The van der Waals surface area contributed by atoms with Crippen molar-refractivity contribution in [3.63, 3.8) is 0 Å². The minimum atomic E-state index is -0.853. The standard InChI is InChI=1S/C9H14O4.C8H12O4.C2H6O2/c1-6-5-9(6,8(12)13)4-2-3-7(10)11;9-6(10)2-1-3-8(4-5-8)7(11)12;3-1-2-4/h6H,2-5H2,1H3,(H,10,11)(H,12,13);1-5H2,(H,9,10)(H,11,12);3-4H,1-2H2. The molecule has 29 heavy (non-hydrogen) atoms. The topological polar surface area (TPSA) is 190 Å². The Morgan fingerprint density at radius 2 is 1.21 bits per heavy atom. The fraction of sp³-hybridized carbons (Fsp3) is 0.789. The lowest BCUT2D eigenvalue weighted by Gasteiger charge is -2.09. The zero-order valence-corrected chi connectivity index (χ0v) is 16.7. The predicted molar refractivity (Wildman–Crippen MR) is 100 cm³/mol. The lowest BCUT2D eigenvalue weighted by Crippen LogP contribution is -2.17. The van der Waals surface area contributed by atoms with Crippen LogP contribution in [0, 0.1) is 16.7 Å². The molecule has 2 aliphatic carbocycles. The molecular formula is C19H32O10. The van der Waals surface area contributed by atoms with Gasteiger partial charge in [-0.25, -0.2) is 0 Å². The van der Waals surface area contributed by atoms with Gasteiger partial charge in [-0.3, -0.25) is 19.2 Å². The first kappa shape index (κ1) is 26.8. The second kappa shape index (κ2) is 12.4. The number of carboxylic acids is 4. The molecule has 10 heteroatoms. The van der Waals surface area contributed by atoms with Crippen molar-refractivity contribution in [2.24, 2.45) is 16.7 Å². The van der Waals surface area contributed by atoms with E-state index in [2.05, 4.69) is 0 Å². The molecule has 2 fully saturated rings. The number of aliphatic hydroxyl groups is 2. The van der Waals surface area contributed by atoms with E-state index in [1.807, 2.05) is 6.92 Å². The van der Waals surface area contributed by atoms with Crippen LogP contribution in [0.5, 0.6) is 0 Å². The largest absolute Gasteiger partial charge is 0.481 e. The van der Waals surface area contributed by atoms with E-state index in [-0.39, 0.29) is 32.0 Å². The van der Waals surface area contributed by atoms with Gasteiger partial charge in [-0.15, -0.1) is 0 Å². The molecule has 0 amide bonds. The van der Waals surface area contributed by atoms with Crippen LogP contribution in [-0.2, 0) is 19.2 Å². The minimum absolute atomic E-state index is 0.0712. The number of carboxylic acid groups (broad SMARTS) is 4. The first-order valence-electron chi connectivity index (χ1n) is 9.59. The SMILES string of the molecule is CC1CC1(CCCC(=O)O)C(=O)O.O=C(O)CCCC1(C(=O)O)CC1.OCCO. The van der Waals surface area contributed by atoms with Crippen molar-refractivity contribution in [3.05, 3.63) is 0 Å². The Balaban J connectivity index is 0.000000459. The van der Waals surface area contributed by atoms with Crippen molar-refractivity contribution in [2.75, 3.05) is 13.2 Å². The highest BCUT2D eigenvalue weighted by atomic mass is 16.4. The van der Waals surface area contributed by atoms with E-state index in [1.54, 1.807) is 0 Å². The second-order valence-electron chi connectivity index (χ2n) is 7.59. The van der Waals surface area contributed by atoms with Gasteiger partial charge < -0.3 is 30.6 Å². The van der Waals surface area contributed by atoms with Gasteiger partial charge in [-0.1, -0.05) is 6.92 Å². The van der Waals surface area contributed by atoms with Gasteiger partial charge in [0.25, 0.3) is 0 Å². The summed E-state index contributed by atoms with van der Waals surface area (Å²) in [5.74, 6) is -3.04. The summed E-state index contributed by atoms with van der Waals surface area (Å²) in [7, 11) is 0. The molecule has 2 aliphatic rings. The molecule has 2 unspecified atom stereocenters. The molecule has 6 N–H and O–H groups in total. The Labute approximate surface area is 169 Å². The summed E-state index contributed by atoms with van der Waals surface area (Å²) in [5, 5.41) is 49.6. The molecule has 0 aromatic carbocycles. The molecule has 2 saturated carbocycles. The number of aliphatic carboxylic acids is 4. The van der Waals surface area contributed by atoms with E-state index in [0.717, 1.165) is 0 Å². The third-order valence-electron chi connectivity index (χ3n) is 5.35. The average Bonchev–Trinajstić information content (AvgIpc) is 3.53. The molecule has 0 saturated heterocycles. The van der Waals surface area contributed by atoms with Gasteiger partial charge in [-0.05, 0) is 50.9 Å². The molecule has 0 radical (unpaired) electrons. The van der Waals surface area contributed by atoms with Crippen molar-refractivity contribution in [3.8, 4) is 0 Å². The van der Waals surface area contributed by atoms with Gasteiger partial charge >= 0.3 is 23.9 Å². The summed E-state index contributed by atoms with van der Waals surface area (Å²) in [6.07, 6.45) is 4.21. The van der Waals surface area contributed by atoms with Gasteiger partial charge in [0.1, 0.15) is 0 Å². The highest BCUT2D eigenvalue weighted by Gasteiger charge is 2.56. The van der Waals surface area contributed by atoms with E-state index in [4.69, 9.17) is 30.6 Å². The first-order chi connectivity index (χ1) is 13.5. The van der Waals surface area contributed by atoms with Gasteiger partial charge in [0.15, 0.2) is 0 Å². The van der Waals surface area contributed by atoms with E-state index in [9.17, 15) is 19.2 Å². The van der Waals surface area contributed by atoms with Crippen molar-refractivity contribution in [1.29, 1.82) is 0 Å². The molecule has 0 aliphatic heterocycles. The second-order valence-corrected chi connectivity index (χ2v) is 7.59. The maximum atomic E-state index is 10.8. The highest BCUT2D eigenvalue weighted by Crippen LogP contribution is 2.55. The summed E-state index contributed by atoms with van der Waals surface area (Å²) in [5.41, 5.74) is -1.16. The zero-order chi connectivity index (χ0) is 22.7. The van der Waals surface area contributed by atoms with Crippen LogP contribution < -0.4 is 0 Å². The van der Waals surface area contributed by atoms with Gasteiger partial charge in [0.2, 0.25) is 0 Å². The van der Waals surface area contributed by atoms with Gasteiger partial charge in [0.05, 0.1) is 24.0 Å². The Kier molecular flexibility index (Phi) is 11.4. The Bertz CT molecular complexity index is 567. The zero-order valence-electron chi connectivity index (χ0n) is 16.7. The van der Waals surface area contributed by atoms with Crippen LogP contribution in [0.15, 0.2) is 0 Å². The Morgan fingerprint density at radius 3 is 1.45 bits per heavy atom. The van der Waals surface area contributed by atoms with E-state index >= 15 is 0 Å². The molecule has 0 aromatic rings. The van der Waals surface area contributed by atoms with E-state index in [1.165, 1.54) is 0 Å². The maximum absolute atomic E-state index is 10.8. The average molecular weight is 420 g/mol. The third-order valence-corrected chi connectivity index (χ3v) is 5.35. The number of aliphatic hydroxyl groups excluding tert-OH is 2. The Morgan fingerprint density at radius 1 is 0.793 bits per heavy atom. The van der Waals surface area contributed by atoms with Gasteiger partial charge in [-0.2, -0.15) is 0 Å². The maximum Gasteiger partial charge on any atom is 0.309 e. The van der Waals surface area contributed by atoms with Crippen LogP contribution in [0.2, 0.25) is 0 Å². The number of rotatable bonds is 11. The molecule has 2 atom stereocenters. The fourth-order valence-corrected chi connectivity index (χ4v) is 3.10. The van der Waals surface area contributed by atoms with Crippen molar-refractivity contribution in [2.45, 2.75) is 64.7 Å². The van der Waals surface area contributed by atoms with E-state index in [0.29, 0.717) is 44.9 Å². The monoisotopic (exact) mass is 420 g/mol. The highest BCUT2D eigenvalue weighted by molar-refractivity contribution is 5.78. The normalized spacial score (nSPS) is 22.8. The van der Waals surface area contributed by atoms with Crippen molar-refractivity contribution in [1.82, 2.24) is 0 Å². The van der Waals surface area contributed by atoms with Crippen LogP contribution in [-0.4, -0.2) is 67.7 Å². The summed E-state index contributed by atoms with van der Waals surface area (Å²) >= 11 is 0. The molecule has 168 valence electrons. The van der Waals surface area contributed by atoms with Crippen LogP contribution in [0.3, 0.4) is 0 Å². The smallest absolute Gasteiger partial charge is 0.309 e. The third kappa shape index (κ3) is 9.71. The van der Waals surface area contributed by atoms with Crippen LogP contribution >= 0.6 is 0 Å². The fourth-order valence-electron chi connectivity index (χ4n) is 3.10. The van der Waals surface area contributed by atoms with Crippen LogP contribution in [0.4, 0.5) is 0 Å². The van der Waals surface area contributed by atoms with Gasteiger partial charge in [0, 0.05) is 12.8 Å². The molecular weight excluding hydrogens is 388 g/mol. The number of hydrogen-bond acceptors (Lipinski definition) is 6. The summed E-state index contributed by atoms with van der Waals surface area (Å²) in [4.78, 5) is 41.8. The van der Waals surface area contributed by atoms with E-state index < -0.39 is 34.7 Å². The summed E-state index contributed by atoms with van der Waals surface area (Å²) in [6, 6.07) is 0. The van der Waals surface area contributed by atoms with Crippen molar-refractivity contribution >= 4 is 23.9 Å². The molecule has 0 spiro atoms. The van der Waals surface area contributed by atoms with Crippen LogP contribution in [0.25, 0.3) is 0 Å². The minimum Gasteiger partial charge on any atom is -0.481 e. The Hall–Kier alpha value is -2.20. The van der Waals surface area contributed by atoms with Crippen LogP contribution in [0.1, 0.15) is 64.7 Å². The quantitative estimate of drug-likeness (QED) is 0.285. The number of hydrogen-bond donors (Lipinski definition) is 6. The summed E-state index contributed by atoms with van der Waals surface area (Å²) in [6.45, 7) is 1.65. The number of carbonyl (C=O) groups is 4. The molecule has 10 nitrogen and oxygen atoms in total. The molecule has 0 aromatic heterocycles. The lowest BCUT2D eigenvalue weighted by molar-refractivity contribution is -0.145. The summed E-state index contributed by atoms with van der Waals surface area (Å²) < 4.78 is 0. The van der Waals surface area contributed by atoms with Crippen molar-refractivity contribution < 1.29 is 49.8 Å². The lowest BCUT2D eigenvalue weighted by atomic mass is 9.97. The predicted octanol–water partition coefficient (Wildman–Crippen LogP) is 1.43. The molecule has 2 rings (SSSR count). The first-order valence-corrected chi connectivity index (χ1v) is 9.59.